The SMILES string of the molecule is COC1=NC(NN)=CN(NN)N1. The van der Waals surface area contributed by atoms with Crippen LogP contribution >= 0.6 is 0 Å². The summed E-state index contributed by atoms with van der Waals surface area (Å²) in [4.78, 5) is 3.89. The average molecular weight is 173 g/mol. The summed E-state index contributed by atoms with van der Waals surface area (Å²) < 4.78 is 4.82. The summed E-state index contributed by atoms with van der Waals surface area (Å²) in [5.41, 5.74) is 7.34. The van der Waals surface area contributed by atoms with E-state index < -0.39 is 0 Å². The Hall–Kier alpha value is -1.51. The molecule has 12 heavy (non-hydrogen) atoms. The molecule has 0 aliphatic carbocycles. The van der Waals surface area contributed by atoms with Crippen LogP contribution in [0.3, 0.4) is 0 Å². The maximum absolute atomic E-state index is 5.13. The van der Waals surface area contributed by atoms with Crippen molar-refractivity contribution in [3.63, 3.8) is 0 Å². The first-order valence-corrected chi connectivity index (χ1v) is 3.13. The molecule has 7 N–H and O–H groups in total. The zero-order valence-corrected chi connectivity index (χ0v) is 6.53. The van der Waals surface area contributed by atoms with Crippen molar-refractivity contribution in [1.82, 2.24) is 21.5 Å². The van der Waals surface area contributed by atoms with Crippen LogP contribution in [0.1, 0.15) is 0 Å². The molecule has 8 heteroatoms. The van der Waals surface area contributed by atoms with Gasteiger partial charge in [0.2, 0.25) is 0 Å². The standard InChI is InChI=1S/C4H11N7O/c1-12-4-7-3(8-5)2-11(9-4)10-6/h2,8,10H,5-6H2,1H3,(H,7,9). The number of hydrogen-bond donors (Lipinski definition) is 5. The predicted molar refractivity (Wildman–Crippen MR) is 42.1 cm³/mol. The fourth-order valence-electron chi connectivity index (χ4n) is 0.651. The number of rotatable bonds is 2. The molecule has 8 nitrogen and oxygen atoms in total. The molecular formula is C4H11N7O. The zero-order valence-electron chi connectivity index (χ0n) is 6.53. The van der Waals surface area contributed by atoms with Crippen LogP contribution in [-0.4, -0.2) is 18.2 Å². The third-order valence-corrected chi connectivity index (χ3v) is 1.17. The molecule has 68 valence electrons. The molecule has 1 rings (SSSR count). The van der Waals surface area contributed by atoms with Crippen LogP contribution in [0.5, 0.6) is 0 Å². The maximum Gasteiger partial charge on any atom is 0.311 e. The lowest BCUT2D eigenvalue weighted by Crippen LogP contribution is -2.53. The molecule has 0 aromatic heterocycles. The second kappa shape index (κ2) is 3.76. The van der Waals surface area contributed by atoms with Gasteiger partial charge in [0.1, 0.15) is 0 Å². The highest BCUT2D eigenvalue weighted by Gasteiger charge is 2.10. The third kappa shape index (κ3) is 1.75. The molecule has 0 spiro atoms. The molecule has 0 saturated carbocycles. The molecule has 0 unspecified atom stereocenters. The van der Waals surface area contributed by atoms with E-state index in [1.54, 1.807) is 0 Å². The lowest BCUT2D eigenvalue weighted by molar-refractivity contribution is 0.197. The number of amidine groups is 1. The highest BCUT2D eigenvalue weighted by molar-refractivity contribution is 5.74. The molecule has 0 fully saturated rings. The number of methoxy groups -OCH3 is 1. The lowest BCUT2D eigenvalue weighted by atomic mass is 10.7. The summed E-state index contributed by atoms with van der Waals surface area (Å²) in [6.07, 6.45) is 1.52. The maximum atomic E-state index is 5.13. The van der Waals surface area contributed by atoms with Crippen molar-refractivity contribution in [2.24, 2.45) is 16.7 Å². The van der Waals surface area contributed by atoms with Crippen LogP contribution in [0.2, 0.25) is 0 Å². The molecule has 0 atom stereocenters. The van der Waals surface area contributed by atoms with E-state index in [9.17, 15) is 0 Å². The molecular weight excluding hydrogens is 162 g/mol. The highest BCUT2D eigenvalue weighted by Crippen LogP contribution is 1.97. The first kappa shape index (κ1) is 8.59. The summed E-state index contributed by atoms with van der Waals surface area (Å²) in [7, 11) is 1.47. The molecule has 1 aliphatic rings. The topological polar surface area (TPSA) is 113 Å². The quantitative estimate of drug-likeness (QED) is 0.231. The van der Waals surface area contributed by atoms with E-state index in [1.165, 1.54) is 18.4 Å². The number of nitrogens with zero attached hydrogens (tertiary/aromatic N) is 2. The Morgan fingerprint density at radius 3 is 2.92 bits per heavy atom. The summed E-state index contributed by atoms with van der Waals surface area (Å²) in [6.45, 7) is 0. The molecule has 1 aliphatic heterocycles. The minimum absolute atomic E-state index is 0.281. The molecule has 0 amide bonds. The predicted octanol–water partition coefficient (Wildman–Crippen LogP) is -2.55. The van der Waals surface area contributed by atoms with Gasteiger partial charge in [-0.25, -0.2) is 16.4 Å². The minimum atomic E-state index is 0.281. The summed E-state index contributed by atoms with van der Waals surface area (Å²) in [5.74, 6) is 10.7. The zero-order chi connectivity index (χ0) is 8.97. The van der Waals surface area contributed by atoms with Gasteiger partial charge in [0.25, 0.3) is 0 Å². The fourth-order valence-corrected chi connectivity index (χ4v) is 0.651. The van der Waals surface area contributed by atoms with Gasteiger partial charge in [0.15, 0.2) is 5.82 Å². The number of hydrogen-bond acceptors (Lipinski definition) is 8. The van der Waals surface area contributed by atoms with Gasteiger partial charge in [-0.1, -0.05) is 0 Å². The fraction of sp³-hybridized carbons (Fsp3) is 0.250. The van der Waals surface area contributed by atoms with Crippen molar-refractivity contribution in [2.75, 3.05) is 7.11 Å². The van der Waals surface area contributed by atoms with Gasteiger partial charge in [-0.15, -0.1) is 0 Å². The van der Waals surface area contributed by atoms with E-state index in [2.05, 4.69) is 21.4 Å². The number of nitrogens with two attached hydrogens (primary N) is 2. The van der Waals surface area contributed by atoms with Crippen LogP contribution in [-0.2, 0) is 4.74 Å². The van der Waals surface area contributed by atoms with Crippen LogP contribution in [0, 0.1) is 0 Å². The third-order valence-electron chi connectivity index (χ3n) is 1.17. The average Bonchev–Trinajstić information content (AvgIpc) is 2.16. The van der Waals surface area contributed by atoms with Crippen molar-refractivity contribution in [3.8, 4) is 0 Å². The van der Waals surface area contributed by atoms with Gasteiger partial charge in [0, 0.05) is 0 Å². The molecule has 0 radical (unpaired) electrons. The van der Waals surface area contributed by atoms with E-state index in [0.717, 1.165) is 0 Å². The van der Waals surface area contributed by atoms with E-state index in [-0.39, 0.29) is 6.02 Å². The van der Waals surface area contributed by atoms with Gasteiger partial charge in [-0.3, -0.25) is 5.84 Å². The summed E-state index contributed by atoms with van der Waals surface area (Å²) >= 11 is 0. The second-order valence-corrected chi connectivity index (χ2v) is 1.89. The van der Waals surface area contributed by atoms with Gasteiger partial charge >= 0.3 is 6.02 Å². The summed E-state index contributed by atoms with van der Waals surface area (Å²) in [5, 5.41) is 1.33. The number of aliphatic imine (C=N–C) groups is 1. The van der Waals surface area contributed by atoms with Gasteiger partial charge < -0.3 is 10.2 Å². The Bertz CT molecular complexity index is 211. The van der Waals surface area contributed by atoms with E-state index in [0.29, 0.717) is 5.82 Å². The Labute approximate surface area is 69.1 Å². The number of nitrogens with one attached hydrogen (secondary N) is 3. The Kier molecular flexibility index (Phi) is 2.69. The van der Waals surface area contributed by atoms with Crippen LogP contribution in [0.25, 0.3) is 0 Å². The van der Waals surface area contributed by atoms with Crippen molar-refractivity contribution in [1.29, 1.82) is 0 Å². The van der Waals surface area contributed by atoms with E-state index >= 15 is 0 Å². The monoisotopic (exact) mass is 173 g/mol. The Morgan fingerprint density at radius 1 is 1.67 bits per heavy atom. The van der Waals surface area contributed by atoms with Crippen molar-refractivity contribution < 1.29 is 4.74 Å². The first-order valence-electron chi connectivity index (χ1n) is 3.13. The molecule has 1 heterocycles. The number of hydrazine groups is 4. The van der Waals surface area contributed by atoms with Gasteiger partial charge in [0.05, 0.1) is 13.3 Å². The molecule has 0 bridgehead atoms. The van der Waals surface area contributed by atoms with Crippen molar-refractivity contribution in [2.45, 2.75) is 0 Å². The van der Waals surface area contributed by atoms with E-state index in [1.807, 2.05) is 0 Å². The van der Waals surface area contributed by atoms with Crippen LogP contribution < -0.4 is 28.1 Å². The Morgan fingerprint density at radius 2 is 2.42 bits per heavy atom. The van der Waals surface area contributed by atoms with Crippen molar-refractivity contribution >= 4 is 6.02 Å². The normalized spacial score (nSPS) is 16.1. The minimum Gasteiger partial charge on any atom is -0.467 e. The first-order chi connectivity index (χ1) is 5.80. The van der Waals surface area contributed by atoms with Gasteiger partial charge in [-0.05, 0) is 0 Å². The van der Waals surface area contributed by atoms with Crippen LogP contribution in [0.15, 0.2) is 17.0 Å². The van der Waals surface area contributed by atoms with Crippen LogP contribution in [0.4, 0.5) is 0 Å². The van der Waals surface area contributed by atoms with Crippen molar-refractivity contribution in [3.05, 3.63) is 12.0 Å². The highest BCUT2D eigenvalue weighted by atomic mass is 16.5. The number of ether oxygens (including phenoxy) is 1. The van der Waals surface area contributed by atoms with Gasteiger partial charge in [-0.2, -0.15) is 10.5 Å². The lowest BCUT2D eigenvalue weighted by Gasteiger charge is -2.24. The second-order valence-electron chi connectivity index (χ2n) is 1.89. The molecule has 0 aromatic carbocycles. The molecule has 0 aromatic rings. The summed E-state index contributed by atoms with van der Waals surface area (Å²) in [6, 6.07) is 0.281. The Balaban J connectivity index is 2.70. The largest absolute Gasteiger partial charge is 0.467 e. The molecule has 0 saturated heterocycles. The smallest absolute Gasteiger partial charge is 0.311 e. The van der Waals surface area contributed by atoms with E-state index in [4.69, 9.17) is 16.4 Å².